The third-order valence-corrected chi connectivity index (χ3v) is 5.89. The fraction of sp³-hybridized carbons (Fsp3) is 0.652. The van der Waals surface area contributed by atoms with Crippen molar-refractivity contribution in [2.24, 2.45) is 5.92 Å². The minimum absolute atomic E-state index is 0.0200. The first-order valence-corrected chi connectivity index (χ1v) is 10.8. The van der Waals surface area contributed by atoms with Crippen LogP contribution in [0.5, 0.6) is 11.5 Å². The Morgan fingerprint density at radius 1 is 1.10 bits per heavy atom. The highest BCUT2D eigenvalue weighted by Gasteiger charge is 2.44. The Hall–Kier alpha value is -2.24. The van der Waals surface area contributed by atoms with E-state index in [1.807, 2.05) is 39.0 Å². The zero-order valence-corrected chi connectivity index (χ0v) is 17.7. The number of benzene rings is 1. The molecule has 2 aliphatic heterocycles. The lowest BCUT2D eigenvalue weighted by atomic mass is 9.89. The monoisotopic (exact) mass is 401 g/mol. The van der Waals surface area contributed by atoms with Crippen molar-refractivity contribution in [3.05, 3.63) is 23.8 Å². The molecule has 1 amide bonds. The molecule has 1 aromatic carbocycles. The highest BCUT2D eigenvalue weighted by atomic mass is 16.7. The highest BCUT2D eigenvalue weighted by Crippen LogP contribution is 2.47. The minimum atomic E-state index is -0.605. The van der Waals surface area contributed by atoms with Crippen molar-refractivity contribution >= 4 is 11.9 Å². The number of hydrogen-bond acceptors (Lipinski definition) is 5. The number of amides is 1. The summed E-state index contributed by atoms with van der Waals surface area (Å²) in [6.45, 7) is 6.55. The lowest BCUT2D eigenvalue weighted by molar-refractivity contribution is -0.105. The van der Waals surface area contributed by atoms with Crippen LogP contribution in [0.1, 0.15) is 76.1 Å². The van der Waals surface area contributed by atoms with Crippen molar-refractivity contribution in [1.82, 2.24) is 4.90 Å². The first kappa shape index (κ1) is 20.0. The molecule has 29 heavy (non-hydrogen) atoms. The van der Waals surface area contributed by atoms with Gasteiger partial charge in [0, 0.05) is 31.8 Å². The predicted octanol–water partition coefficient (Wildman–Crippen LogP) is 4.95. The first-order chi connectivity index (χ1) is 13.8. The van der Waals surface area contributed by atoms with Gasteiger partial charge in [-0.05, 0) is 58.6 Å². The summed E-state index contributed by atoms with van der Waals surface area (Å²) in [5.41, 5.74) is 0.0225. The third kappa shape index (κ3) is 4.21. The lowest BCUT2D eigenvalue weighted by Crippen LogP contribution is -2.44. The van der Waals surface area contributed by atoms with Crippen molar-refractivity contribution in [2.75, 3.05) is 13.1 Å². The van der Waals surface area contributed by atoms with E-state index in [9.17, 15) is 9.59 Å². The molecule has 1 aliphatic carbocycles. The molecular formula is C23H31NO5. The van der Waals surface area contributed by atoms with Gasteiger partial charge >= 0.3 is 6.09 Å². The summed E-state index contributed by atoms with van der Waals surface area (Å²) in [6.07, 6.45) is 6.24. The minimum Gasteiger partial charge on any atom is -0.448 e. The Morgan fingerprint density at radius 2 is 1.86 bits per heavy atom. The second kappa shape index (κ2) is 7.54. The van der Waals surface area contributed by atoms with Gasteiger partial charge in [0.1, 0.15) is 5.60 Å². The fourth-order valence-corrected chi connectivity index (χ4v) is 4.50. The van der Waals surface area contributed by atoms with Gasteiger partial charge in [0.25, 0.3) is 5.79 Å². The molecule has 1 spiro atoms. The van der Waals surface area contributed by atoms with Crippen LogP contribution in [-0.2, 0) is 4.74 Å². The molecular weight excluding hydrogens is 370 g/mol. The fourth-order valence-electron chi connectivity index (χ4n) is 4.50. The van der Waals surface area contributed by atoms with E-state index in [2.05, 4.69) is 0 Å². The van der Waals surface area contributed by atoms with Gasteiger partial charge in [-0.2, -0.15) is 0 Å². The zero-order valence-electron chi connectivity index (χ0n) is 17.7. The maximum absolute atomic E-state index is 13.4. The average molecular weight is 402 g/mol. The maximum atomic E-state index is 13.4. The van der Waals surface area contributed by atoms with E-state index in [0.717, 1.165) is 38.5 Å². The van der Waals surface area contributed by atoms with Gasteiger partial charge in [-0.1, -0.05) is 12.5 Å². The van der Waals surface area contributed by atoms with Crippen LogP contribution in [0.4, 0.5) is 4.79 Å². The van der Waals surface area contributed by atoms with E-state index in [1.54, 1.807) is 4.90 Å². The molecule has 0 N–H and O–H groups in total. The molecule has 1 unspecified atom stereocenters. The number of para-hydroxylation sites is 1. The van der Waals surface area contributed by atoms with Crippen molar-refractivity contribution < 1.29 is 23.8 Å². The summed E-state index contributed by atoms with van der Waals surface area (Å²) in [5, 5.41) is 0. The number of ketones is 1. The highest BCUT2D eigenvalue weighted by molar-refractivity contribution is 6.01. The van der Waals surface area contributed by atoms with Gasteiger partial charge in [-0.25, -0.2) is 4.79 Å². The predicted molar refractivity (Wildman–Crippen MR) is 108 cm³/mol. The Balaban J connectivity index is 1.50. The summed E-state index contributed by atoms with van der Waals surface area (Å²) < 4.78 is 17.9. The number of likely N-dealkylation sites (tertiary alicyclic amines) is 1. The topological polar surface area (TPSA) is 65.1 Å². The zero-order chi connectivity index (χ0) is 20.6. The van der Waals surface area contributed by atoms with E-state index in [4.69, 9.17) is 14.2 Å². The summed E-state index contributed by atoms with van der Waals surface area (Å²) in [7, 11) is 0. The SMILES string of the molecule is CC(C)(C)OC(=O)N1CCCC(C(=O)c2cccc3c2OC2(CCCCC2)O3)C1. The molecule has 0 aromatic heterocycles. The molecule has 3 aliphatic rings. The Labute approximate surface area is 172 Å². The quantitative estimate of drug-likeness (QED) is 0.656. The van der Waals surface area contributed by atoms with Gasteiger partial charge in [0.15, 0.2) is 17.3 Å². The van der Waals surface area contributed by atoms with E-state index in [0.29, 0.717) is 30.2 Å². The molecule has 4 rings (SSSR count). The number of hydrogen-bond donors (Lipinski definition) is 0. The molecule has 1 saturated heterocycles. The van der Waals surface area contributed by atoms with E-state index >= 15 is 0 Å². The number of Topliss-reactive ketones (excluding diaryl/α,β-unsaturated/α-hetero) is 1. The van der Waals surface area contributed by atoms with Crippen molar-refractivity contribution in [3.63, 3.8) is 0 Å². The number of carbonyl (C=O) groups is 2. The largest absolute Gasteiger partial charge is 0.448 e. The second-order valence-corrected chi connectivity index (χ2v) is 9.44. The van der Waals surface area contributed by atoms with E-state index in [-0.39, 0.29) is 17.8 Å². The number of ether oxygens (including phenoxy) is 3. The standard InChI is InChI=1S/C23H31NO5/c1-22(2,3)29-21(26)24-14-8-9-16(15-24)19(25)17-10-7-11-18-20(17)28-23(27-18)12-5-4-6-13-23/h7,10-11,16H,4-6,8-9,12-15H2,1-3H3. The number of rotatable bonds is 2. The van der Waals surface area contributed by atoms with Crippen LogP contribution in [0.3, 0.4) is 0 Å². The third-order valence-electron chi connectivity index (χ3n) is 5.89. The van der Waals surface area contributed by atoms with Crippen LogP contribution in [-0.4, -0.2) is 41.3 Å². The van der Waals surface area contributed by atoms with Crippen molar-refractivity contribution in [3.8, 4) is 11.5 Å². The molecule has 2 fully saturated rings. The van der Waals surface area contributed by atoms with Crippen molar-refractivity contribution in [1.29, 1.82) is 0 Å². The van der Waals surface area contributed by atoms with Gasteiger partial charge in [-0.3, -0.25) is 4.79 Å². The molecule has 1 saturated carbocycles. The molecule has 1 aromatic rings. The van der Waals surface area contributed by atoms with Crippen LogP contribution >= 0.6 is 0 Å². The molecule has 0 radical (unpaired) electrons. The van der Waals surface area contributed by atoms with Crippen LogP contribution < -0.4 is 9.47 Å². The summed E-state index contributed by atoms with van der Waals surface area (Å²) in [4.78, 5) is 27.5. The van der Waals surface area contributed by atoms with Crippen LogP contribution in [0, 0.1) is 5.92 Å². The normalized spacial score (nSPS) is 23.1. The van der Waals surface area contributed by atoms with Crippen LogP contribution in [0.25, 0.3) is 0 Å². The number of piperidine rings is 1. The molecule has 6 heteroatoms. The Bertz CT molecular complexity index is 791. The lowest BCUT2D eigenvalue weighted by Gasteiger charge is -2.33. The molecule has 6 nitrogen and oxygen atoms in total. The van der Waals surface area contributed by atoms with Gasteiger partial charge in [-0.15, -0.1) is 0 Å². The summed E-state index contributed by atoms with van der Waals surface area (Å²) >= 11 is 0. The second-order valence-electron chi connectivity index (χ2n) is 9.44. The van der Waals surface area contributed by atoms with Gasteiger partial charge in [0.2, 0.25) is 0 Å². The molecule has 1 atom stereocenters. The molecule has 158 valence electrons. The number of nitrogens with zero attached hydrogens (tertiary/aromatic N) is 1. The van der Waals surface area contributed by atoms with E-state index < -0.39 is 11.4 Å². The van der Waals surface area contributed by atoms with E-state index in [1.165, 1.54) is 6.42 Å². The van der Waals surface area contributed by atoms with Gasteiger partial charge in [0.05, 0.1) is 5.56 Å². The number of fused-ring (bicyclic) bond motifs is 1. The summed E-state index contributed by atoms with van der Waals surface area (Å²) in [5.74, 6) is 0.402. The van der Waals surface area contributed by atoms with Crippen molar-refractivity contribution in [2.45, 2.75) is 77.1 Å². The maximum Gasteiger partial charge on any atom is 0.410 e. The van der Waals surface area contributed by atoms with Crippen LogP contribution in [0.15, 0.2) is 18.2 Å². The molecule has 0 bridgehead atoms. The first-order valence-electron chi connectivity index (χ1n) is 10.8. The van der Waals surface area contributed by atoms with Gasteiger partial charge < -0.3 is 19.1 Å². The molecule has 2 heterocycles. The summed E-state index contributed by atoms with van der Waals surface area (Å²) in [6, 6.07) is 5.55. The smallest absolute Gasteiger partial charge is 0.410 e. The van der Waals surface area contributed by atoms with Crippen LogP contribution in [0.2, 0.25) is 0 Å². The Kier molecular flexibility index (Phi) is 5.21. The Morgan fingerprint density at radius 3 is 2.59 bits per heavy atom. The average Bonchev–Trinajstić information content (AvgIpc) is 3.04. The number of carbonyl (C=O) groups excluding carboxylic acids is 2.